The Balaban J connectivity index is 1.20. The smallest absolute Gasteiger partial charge is 0.233 e. The van der Waals surface area contributed by atoms with E-state index >= 15 is 0 Å². The molecule has 0 bridgehead atoms. The standard InChI is InChI=1S/C22H25ClN2OS/c23-19-7-3-1-6-18(19)15-25-11-9-16(10-12-25)14-24-22(26)21-13-17-5-2-4-8-20(17)27-21/h1-8,16,21H,9-15H2,(H,24,26). The molecule has 0 aliphatic carbocycles. The highest BCUT2D eigenvalue weighted by Gasteiger charge is 2.28. The van der Waals surface area contributed by atoms with E-state index in [1.165, 1.54) is 16.0 Å². The second-order valence-electron chi connectivity index (χ2n) is 7.47. The minimum atomic E-state index is 0.0303. The van der Waals surface area contributed by atoms with Gasteiger partial charge in [0.1, 0.15) is 0 Å². The highest BCUT2D eigenvalue weighted by molar-refractivity contribution is 8.01. The number of fused-ring (bicyclic) bond motifs is 1. The second-order valence-corrected chi connectivity index (χ2v) is 9.13. The van der Waals surface area contributed by atoms with E-state index in [0.717, 1.165) is 50.5 Å². The molecule has 0 saturated carbocycles. The Morgan fingerprint density at radius 2 is 1.85 bits per heavy atom. The van der Waals surface area contributed by atoms with Gasteiger partial charge in [0, 0.05) is 23.0 Å². The van der Waals surface area contributed by atoms with Crippen LogP contribution in [0.3, 0.4) is 0 Å². The van der Waals surface area contributed by atoms with E-state index in [4.69, 9.17) is 11.6 Å². The van der Waals surface area contributed by atoms with Crippen molar-refractivity contribution in [1.82, 2.24) is 10.2 Å². The summed E-state index contributed by atoms with van der Waals surface area (Å²) in [5.41, 5.74) is 2.50. The van der Waals surface area contributed by atoms with E-state index in [2.05, 4.69) is 34.5 Å². The molecule has 4 rings (SSSR count). The highest BCUT2D eigenvalue weighted by atomic mass is 35.5. The van der Waals surface area contributed by atoms with E-state index in [-0.39, 0.29) is 11.2 Å². The average Bonchev–Trinajstić information content (AvgIpc) is 3.13. The fraction of sp³-hybridized carbons (Fsp3) is 0.409. The Bertz CT molecular complexity index is 779. The Morgan fingerprint density at radius 3 is 2.63 bits per heavy atom. The largest absolute Gasteiger partial charge is 0.355 e. The number of thioether (sulfide) groups is 1. The zero-order chi connectivity index (χ0) is 18.6. The number of nitrogens with zero attached hydrogens (tertiary/aromatic N) is 1. The highest BCUT2D eigenvalue weighted by Crippen LogP contribution is 2.36. The lowest BCUT2D eigenvalue weighted by Gasteiger charge is -2.32. The van der Waals surface area contributed by atoms with Crippen molar-refractivity contribution in [3.05, 3.63) is 64.7 Å². The van der Waals surface area contributed by atoms with Gasteiger partial charge in [-0.25, -0.2) is 0 Å². The maximum Gasteiger partial charge on any atom is 0.233 e. The summed E-state index contributed by atoms with van der Waals surface area (Å²) >= 11 is 7.98. The summed E-state index contributed by atoms with van der Waals surface area (Å²) < 4.78 is 0. The van der Waals surface area contributed by atoms with Gasteiger partial charge in [-0.05, 0) is 61.5 Å². The molecule has 1 saturated heterocycles. The lowest BCUT2D eigenvalue weighted by atomic mass is 9.96. The topological polar surface area (TPSA) is 32.3 Å². The number of rotatable bonds is 5. The molecule has 1 unspecified atom stereocenters. The van der Waals surface area contributed by atoms with Gasteiger partial charge < -0.3 is 5.32 Å². The summed E-state index contributed by atoms with van der Waals surface area (Å²) in [6.45, 7) is 3.84. The first-order valence-electron chi connectivity index (χ1n) is 9.67. The van der Waals surface area contributed by atoms with Gasteiger partial charge in [0.15, 0.2) is 0 Å². The third kappa shape index (κ3) is 4.68. The minimum Gasteiger partial charge on any atom is -0.355 e. The number of nitrogens with one attached hydrogen (secondary N) is 1. The molecule has 3 nitrogen and oxygen atoms in total. The van der Waals surface area contributed by atoms with Crippen LogP contribution in [0.25, 0.3) is 0 Å². The molecule has 2 heterocycles. The Kier molecular flexibility index (Phi) is 6.06. The van der Waals surface area contributed by atoms with Crippen LogP contribution in [0, 0.1) is 5.92 Å². The van der Waals surface area contributed by atoms with Crippen LogP contribution >= 0.6 is 23.4 Å². The molecule has 1 fully saturated rings. The molecule has 0 radical (unpaired) electrons. The van der Waals surface area contributed by atoms with Crippen LogP contribution in [0.2, 0.25) is 5.02 Å². The Hall–Kier alpha value is -1.49. The van der Waals surface area contributed by atoms with E-state index in [1.54, 1.807) is 11.8 Å². The quantitative estimate of drug-likeness (QED) is 0.808. The first-order chi connectivity index (χ1) is 13.2. The van der Waals surface area contributed by atoms with Crippen LogP contribution in [0.5, 0.6) is 0 Å². The predicted molar refractivity (Wildman–Crippen MR) is 112 cm³/mol. The van der Waals surface area contributed by atoms with Crippen molar-refractivity contribution in [2.45, 2.75) is 36.0 Å². The maximum atomic E-state index is 12.5. The number of hydrogen-bond donors (Lipinski definition) is 1. The zero-order valence-corrected chi connectivity index (χ0v) is 16.9. The third-order valence-electron chi connectivity index (χ3n) is 5.56. The fourth-order valence-corrected chi connectivity index (χ4v) is 5.32. The number of amides is 1. The summed E-state index contributed by atoms with van der Waals surface area (Å²) in [7, 11) is 0. The lowest BCUT2D eigenvalue weighted by Crippen LogP contribution is -2.40. The maximum absolute atomic E-state index is 12.5. The van der Waals surface area contributed by atoms with Crippen LogP contribution in [0.1, 0.15) is 24.0 Å². The molecule has 5 heteroatoms. The zero-order valence-electron chi connectivity index (χ0n) is 15.4. The minimum absolute atomic E-state index is 0.0303. The van der Waals surface area contributed by atoms with Crippen molar-refractivity contribution >= 4 is 29.3 Å². The van der Waals surface area contributed by atoms with Crippen LogP contribution in [0.4, 0.5) is 0 Å². The van der Waals surface area contributed by atoms with Gasteiger partial charge in [0.25, 0.3) is 0 Å². The van der Waals surface area contributed by atoms with E-state index in [0.29, 0.717) is 5.92 Å². The van der Waals surface area contributed by atoms with Gasteiger partial charge in [-0.3, -0.25) is 9.69 Å². The van der Waals surface area contributed by atoms with E-state index in [1.807, 2.05) is 24.3 Å². The molecule has 1 N–H and O–H groups in total. The molecule has 2 aliphatic heterocycles. The van der Waals surface area contributed by atoms with Crippen LogP contribution in [-0.2, 0) is 17.8 Å². The molecule has 2 aliphatic rings. The van der Waals surface area contributed by atoms with Crippen LogP contribution in [0.15, 0.2) is 53.4 Å². The summed E-state index contributed by atoms with van der Waals surface area (Å²) in [4.78, 5) is 16.3. The summed E-state index contributed by atoms with van der Waals surface area (Å²) in [5, 5.41) is 4.08. The van der Waals surface area contributed by atoms with Gasteiger partial charge in [-0.15, -0.1) is 11.8 Å². The van der Waals surface area contributed by atoms with Crippen molar-refractivity contribution in [1.29, 1.82) is 0 Å². The summed E-state index contributed by atoms with van der Waals surface area (Å²) in [6, 6.07) is 16.4. The van der Waals surface area contributed by atoms with Crippen LogP contribution < -0.4 is 5.32 Å². The van der Waals surface area contributed by atoms with Gasteiger partial charge in [-0.1, -0.05) is 48.0 Å². The number of carbonyl (C=O) groups excluding carboxylic acids is 1. The van der Waals surface area contributed by atoms with Crippen molar-refractivity contribution in [2.75, 3.05) is 19.6 Å². The molecule has 1 atom stereocenters. The Morgan fingerprint density at radius 1 is 1.11 bits per heavy atom. The van der Waals surface area contributed by atoms with E-state index in [9.17, 15) is 4.79 Å². The molecule has 27 heavy (non-hydrogen) atoms. The van der Waals surface area contributed by atoms with Gasteiger partial charge >= 0.3 is 0 Å². The number of benzene rings is 2. The molecule has 2 aromatic rings. The van der Waals surface area contributed by atoms with E-state index < -0.39 is 0 Å². The van der Waals surface area contributed by atoms with Gasteiger partial charge in [-0.2, -0.15) is 0 Å². The lowest BCUT2D eigenvalue weighted by molar-refractivity contribution is -0.120. The molecule has 142 valence electrons. The van der Waals surface area contributed by atoms with Gasteiger partial charge in [0.2, 0.25) is 5.91 Å². The second kappa shape index (κ2) is 8.68. The van der Waals surface area contributed by atoms with Crippen molar-refractivity contribution in [2.24, 2.45) is 5.92 Å². The van der Waals surface area contributed by atoms with Crippen molar-refractivity contribution < 1.29 is 4.79 Å². The molecule has 1 amide bonds. The number of carbonyl (C=O) groups is 1. The number of piperidine rings is 1. The third-order valence-corrected chi connectivity index (χ3v) is 7.25. The Labute approximate surface area is 170 Å². The monoisotopic (exact) mass is 400 g/mol. The summed E-state index contributed by atoms with van der Waals surface area (Å²) in [5.74, 6) is 0.764. The van der Waals surface area contributed by atoms with Gasteiger partial charge in [0.05, 0.1) is 5.25 Å². The molecular formula is C22H25ClN2OS. The number of hydrogen-bond acceptors (Lipinski definition) is 3. The molecule has 2 aromatic carbocycles. The summed E-state index contributed by atoms with van der Waals surface area (Å²) in [6.07, 6.45) is 3.11. The fourth-order valence-electron chi connectivity index (χ4n) is 3.90. The number of likely N-dealkylation sites (tertiary alicyclic amines) is 1. The molecule has 0 spiro atoms. The molecule has 0 aromatic heterocycles. The van der Waals surface area contributed by atoms with Crippen molar-refractivity contribution in [3.8, 4) is 0 Å². The number of halogens is 1. The first kappa shape index (κ1) is 18.9. The predicted octanol–water partition coefficient (Wildman–Crippen LogP) is 4.39. The SMILES string of the molecule is O=C(NCC1CCN(Cc2ccccc2Cl)CC1)C1Cc2ccccc2S1. The molecular weight excluding hydrogens is 376 g/mol. The average molecular weight is 401 g/mol. The van der Waals surface area contributed by atoms with Crippen LogP contribution in [-0.4, -0.2) is 35.7 Å². The van der Waals surface area contributed by atoms with Crippen molar-refractivity contribution in [3.63, 3.8) is 0 Å². The normalized spacial score (nSPS) is 20.4. The first-order valence-corrected chi connectivity index (χ1v) is 10.9.